The van der Waals surface area contributed by atoms with Crippen molar-refractivity contribution in [1.82, 2.24) is 0 Å². The van der Waals surface area contributed by atoms with Crippen molar-refractivity contribution in [2.75, 3.05) is 14.2 Å². The summed E-state index contributed by atoms with van der Waals surface area (Å²) >= 11 is 0. The van der Waals surface area contributed by atoms with E-state index in [4.69, 9.17) is 13.3 Å². The molecule has 0 aliphatic carbocycles. The maximum absolute atomic E-state index is 13.1. The Morgan fingerprint density at radius 2 is 1.85 bits per heavy atom. The third kappa shape index (κ3) is 5.71. The summed E-state index contributed by atoms with van der Waals surface area (Å²) in [5.74, 6) is -0.178. The summed E-state index contributed by atoms with van der Waals surface area (Å²) in [5.41, 5.74) is 1.02. The van der Waals surface area contributed by atoms with E-state index in [1.807, 2.05) is 19.9 Å². The molecule has 20 heavy (non-hydrogen) atoms. The number of unbranched alkanes of at least 4 members (excludes halogenated alkanes) is 1. The van der Waals surface area contributed by atoms with E-state index in [1.54, 1.807) is 26.4 Å². The summed E-state index contributed by atoms with van der Waals surface area (Å²) in [7, 11) is 0.757. The van der Waals surface area contributed by atoms with E-state index >= 15 is 0 Å². The molecule has 0 saturated carbocycles. The van der Waals surface area contributed by atoms with Crippen LogP contribution in [0.4, 0.5) is 4.39 Å². The Morgan fingerprint density at radius 3 is 2.40 bits per heavy atom. The van der Waals surface area contributed by atoms with Gasteiger partial charge in [0.2, 0.25) is 0 Å². The first kappa shape index (κ1) is 17.3. The number of aryl methyl sites for hydroxylation is 1. The molecule has 0 unspecified atom stereocenters. The standard InChI is InChI=1S/C15H25FO3Si/c1-13(2)19-20(17-3,18-4)11-6-5-8-14-9-7-10-15(16)12-14/h7,9-10,12-13H,5-6,8,11H2,1-4H3. The van der Waals surface area contributed by atoms with Gasteiger partial charge in [0.15, 0.2) is 0 Å². The fraction of sp³-hybridized carbons (Fsp3) is 0.600. The van der Waals surface area contributed by atoms with Crippen LogP contribution in [0.25, 0.3) is 0 Å². The molecule has 1 aromatic carbocycles. The van der Waals surface area contributed by atoms with Gasteiger partial charge in [0.25, 0.3) is 0 Å². The molecule has 5 heteroatoms. The van der Waals surface area contributed by atoms with Gasteiger partial charge in [-0.3, -0.25) is 0 Å². The number of halogens is 1. The van der Waals surface area contributed by atoms with Crippen molar-refractivity contribution in [1.29, 1.82) is 0 Å². The Morgan fingerprint density at radius 1 is 1.15 bits per heavy atom. The van der Waals surface area contributed by atoms with Gasteiger partial charge in [-0.1, -0.05) is 12.1 Å². The molecule has 0 bridgehead atoms. The first-order chi connectivity index (χ1) is 9.51. The molecule has 0 atom stereocenters. The molecule has 114 valence electrons. The Balaban J connectivity index is 2.41. The molecule has 0 amide bonds. The van der Waals surface area contributed by atoms with Crippen LogP contribution in [0.5, 0.6) is 0 Å². The van der Waals surface area contributed by atoms with Crippen LogP contribution in [-0.4, -0.2) is 29.1 Å². The second-order valence-electron chi connectivity index (χ2n) is 5.09. The van der Waals surface area contributed by atoms with Crippen molar-refractivity contribution in [2.24, 2.45) is 0 Å². The van der Waals surface area contributed by atoms with Gasteiger partial charge < -0.3 is 13.3 Å². The molecule has 0 aliphatic heterocycles. The largest absolute Gasteiger partial charge is 0.500 e. The maximum Gasteiger partial charge on any atom is 0.500 e. The smallest absolute Gasteiger partial charge is 0.377 e. The van der Waals surface area contributed by atoms with Gasteiger partial charge in [-0.15, -0.1) is 0 Å². The second-order valence-corrected chi connectivity index (χ2v) is 8.01. The quantitative estimate of drug-likeness (QED) is 0.513. The lowest BCUT2D eigenvalue weighted by molar-refractivity contribution is 0.0694. The lowest BCUT2D eigenvalue weighted by atomic mass is 10.1. The third-order valence-electron chi connectivity index (χ3n) is 3.12. The third-order valence-corrected chi connectivity index (χ3v) is 6.17. The van der Waals surface area contributed by atoms with Gasteiger partial charge in [0.05, 0.1) is 0 Å². The van der Waals surface area contributed by atoms with Crippen molar-refractivity contribution in [3.05, 3.63) is 35.6 Å². The molecule has 0 fully saturated rings. The molecule has 0 aliphatic rings. The van der Waals surface area contributed by atoms with E-state index < -0.39 is 8.80 Å². The van der Waals surface area contributed by atoms with Crippen molar-refractivity contribution in [2.45, 2.75) is 45.3 Å². The van der Waals surface area contributed by atoms with Gasteiger partial charge in [-0.05, 0) is 50.8 Å². The van der Waals surface area contributed by atoms with Crippen molar-refractivity contribution in [3.8, 4) is 0 Å². The topological polar surface area (TPSA) is 27.7 Å². The fourth-order valence-corrected chi connectivity index (χ4v) is 4.45. The summed E-state index contributed by atoms with van der Waals surface area (Å²) in [6.45, 7) is 3.96. The SMILES string of the molecule is CO[Si](CCCCc1cccc(F)c1)(OC)OC(C)C. The molecule has 0 saturated heterocycles. The molecular formula is C15H25FO3Si. The maximum atomic E-state index is 13.1. The van der Waals surface area contributed by atoms with Crippen molar-refractivity contribution in [3.63, 3.8) is 0 Å². The van der Waals surface area contributed by atoms with Crippen LogP contribution in [0.3, 0.4) is 0 Å². The van der Waals surface area contributed by atoms with E-state index in [0.717, 1.165) is 30.9 Å². The summed E-state index contributed by atoms with van der Waals surface area (Å²) in [6, 6.07) is 7.53. The molecule has 0 aromatic heterocycles. The number of hydrogen-bond acceptors (Lipinski definition) is 3. The zero-order valence-electron chi connectivity index (χ0n) is 12.8. The van der Waals surface area contributed by atoms with Gasteiger partial charge in [-0.25, -0.2) is 4.39 Å². The van der Waals surface area contributed by atoms with Gasteiger partial charge >= 0.3 is 8.80 Å². The van der Waals surface area contributed by atoms with E-state index in [0.29, 0.717) is 0 Å². The summed E-state index contributed by atoms with van der Waals surface area (Å²) in [5, 5.41) is 0. The average Bonchev–Trinajstić information content (AvgIpc) is 2.42. The zero-order valence-corrected chi connectivity index (χ0v) is 13.8. The molecule has 0 spiro atoms. The molecule has 0 radical (unpaired) electrons. The first-order valence-electron chi connectivity index (χ1n) is 7.04. The normalized spacial score (nSPS) is 12.1. The highest BCUT2D eigenvalue weighted by Gasteiger charge is 2.39. The minimum absolute atomic E-state index is 0.0878. The fourth-order valence-electron chi connectivity index (χ4n) is 2.16. The molecule has 1 rings (SSSR count). The predicted molar refractivity (Wildman–Crippen MR) is 80.1 cm³/mol. The van der Waals surface area contributed by atoms with Gasteiger partial charge in [0.1, 0.15) is 5.82 Å². The van der Waals surface area contributed by atoms with Crippen LogP contribution in [-0.2, 0) is 19.7 Å². The average molecular weight is 300 g/mol. The molecule has 0 N–H and O–H groups in total. The lowest BCUT2D eigenvalue weighted by Crippen LogP contribution is -2.45. The highest BCUT2D eigenvalue weighted by atomic mass is 28.4. The second kappa shape index (κ2) is 8.52. The van der Waals surface area contributed by atoms with E-state index in [-0.39, 0.29) is 11.9 Å². The minimum Gasteiger partial charge on any atom is -0.377 e. The Labute approximate surface area is 122 Å². The molecule has 0 heterocycles. The van der Waals surface area contributed by atoms with Crippen molar-refractivity contribution < 1.29 is 17.7 Å². The van der Waals surface area contributed by atoms with E-state index in [2.05, 4.69) is 0 Å². The molecule has 3 nitrogen and oxygen atoms in total. The summed E-state index contributed by atoms with van der Waals surface area (Å²) in [4.78, 5) is 0. The summed E-state index contributed by atoms with van der Waals surface area (Å²) in [6.07, 6.45) is 2.85. The predicted octanol–water partition coefficient (Wildman–Crippen LogP) is 3.81. The van der Waals surface area contributed by atoms with Crippen LogP contribution in [0.1, 0.15) is 32.3 Å². The number of rotatable bonds is 9. The van der Waals surface area contributed by atoms with Gasteiger partial charge in [0, 0.05) is 26.4 Å². The monoisotopic (exact) mass is 300 g/mol. The van der Waals surface area contributed by atoms with Crippen LogP contribution >= 0.6 is 0 Å². The van der Waals surface area contributed by atoms with Crippen molar-refractivity contribution >= 4 is 8.80 Å². The highest BCUT2D eigenvalue weighted by molar-refractivity contribution is 6.60. The van der Waals surface area contributed by atoms with Crippen LogP contribution in [0, 0.1) is 5.82 Å². The van der Waals surface area contributed by atoms with Crippen LogP contribution in [0.15, 0.2) is 24.3 Å². The number of benzene rings is 1. The minimum atomic E-state index is -2.53. The Bertz CT molecular complexity index is 394. The Hall–Kier alpha value is -0.753. The Kier molecular flexibility index (Phi) is 7.37. The van der Waals surface area contributed by atoms with Crippen LogP contribution in [0.2, 0.25) is 6.04 Å². The highest BCUT2D eigenvalue weighted by Crippen LogP contribution is 2.20. The molecule has 1 aromatic rings. The molecular weight excluding hydrogens is 275 g/mol. The number of hydrogen-bond donors (Lipinski definition) is 0. The van der Waals surface area contributed by atoms with Gasteiger partial charge in [-0.2, -0.15) is 0 Å². The zero-order chi connectivity index (χ0) is 15.0. The summed E-state index contributed by atoms with van der Waals surface area (Å²) < 4.78 is 29.9. The lowest BCUT2D eigenvalue weighted by Gasteiger charge is -2.28. The van der Waals surface area contributed by atoms with Crippen LogP contribution < -0.4 is 0 Å². The van der Waals surface area contributed by atoms with E-state index in [9.17, 15) is 4.39 Å². The first-order valence-corrected chi connectivity index (χ1v) is 8.97. The van der Waals surface area contributed by atoms with E-state index in [1.165, 1.54) is 6.07 Å².